The predicted octanol–water partition coefficient (Wildman–Crippen LogP) is 0.591. The molecule has 0 atom stereocenters. The van der Waals surface area contributed by atoms with E-state index >= 15 is 0 Å². The summed E-state index contributed by atoms with van der Waals surface area (Å²) in [6.07, 6.45) is 2.22. The fourth-order valence-electron chi connectivity index (χ4n) is 3.17. The highest BCUT2D eigenvalue weighted by molar-refractivity contribution is 5.84. The second kappa shape index (κ2) is 8.20. The number of para-hydroxylation sites is 2. The molecule has 3 rings (SSSR count). The van der Waals surface area contributed by atoms with Crippen LogP contribution in [-0.4, -0.2) is 60.0 Å². The fourth-order valence-corrected chi connectivity index (χ4v) is 3.17. The lowest BCUT2D eigenvalue weighted by molar-refractivity contribution is -0.130. The minimum absolute atomic E-state index is 0.0448. The van der Waals surface area contributed by atoms with Crippen molar-refractivity contribution in [3.05, 3.63) is 34.6 Å². The number of rotatable bonds is 6. The maximum atomic E-state index is 13.0. The van der Waals surface area contributed by atoms with Gasteiger partial charge in [0.2, 0.25) is 11.8 Å². The molecule has 0 spiro atoms. The maximum absolute atomic E-state index is 13.0. The summed E-state index contributed by atoms with van der Waals surface area (Å²) in [5.41, 5.74) is 1.28. The Labute approximate surface area is 157 Å². The summed E-state index contributed by atoms with van der Waals surface area (Å²) in [6, 6.07) is 7.45. The van der Waals surface area contributed by atoms with Crippen molar-refractivity contribution in [3.63, 3.8) is 0 Å². The Morgan fingerprint density at radius 3 is 2.59 bits per heavy atom. The van der Waals surface area contributed by atoms with Crippen LogP contribution in [0.4, 0.5) is 5.82 Å². The number of carbonyl (C=O) groups is 2. The van der Waals surface area contributed by atoms with Crippen molar-refractivity contribution in [2.75, 3.05) is 38.6 Å². The van der Waals surface area contributed by atoms with E-state index < -0.39 is 0 Å². The van der Waals surface area contributed by atoms with Crippen LogP contribution in [0.15, 0.2) is 29.1 Å². The van der Waals surface area contributed by atoms with Gasteiger partial charge in [0.05, 0.1) is 17.6 Å². The molecule has 2 amide bonds. The summed E-state index contributed by atoms with van der Waals surface area (Å²) >= 11 is 0. The highest BCUT2D eigenvalue weighted by atomic mass is 16.2. The van der Waals surface area contributed by atoms with E-state index in [0.29, 0.717) is 11.3 Å². The lowest BCUT2D eigenvalue weighted by Gasteiger charge is -2.19. The number of nitrogens with one attached hydrogen (secondary N) is 1. The zero-order valence-electron chi connectivity index (χ0n) is 15.8. The molecule has 8 heteroatoms. The van der Waals surface area contributed by atoms with Crippen LogP contribution in [0.2, 0.25) is 0 Å². The van der Waals surface area contributed by atoms with Crippen molar-refractivity contribution in [1.29, 1.82) is 0 Å². The summed E-state index contributed by atoms with van der Waals surface area (Å²) in [4.78, 5) is 44.7. The van der Waals surface area contributed by atoms with Crippen molar-refractivity contribution >= 4 is 28.7 Å². The maximum Gasteiger partial charge on any atom is 0.294 e. The number of amides is 2. The molecule has 1 aromatic carbocycles. The van der Waals surface area contributed by atoms with Gasteiger partial charge in [-0.05, 0) is 25.0 Å². The largest absolute Gasteiger partial charge is 0.352 e. The number of hydrogen-bond donors (Lipinski definition) is 1. The highest BCUT2D eigenvalue weighted by Crippen LogP contribution is 2.18. The Balaban J connectivity index is 1.80. The molecular formula is C19H25N5O3. The van der Waals surface area contributed by atoms with E-state index in [0.717, 1.165) is 31.4 Å². The fraction of sp³-hybridized carbons (Fsp3) is 0.474. The standard InChI is InChI=1S/C19H25N5O3/c1-22(2)17(26)13-20-16(25)9-12-24-15-8-4-3-7-14(15)21-18(19(24)27)23-10-5-6-11-23/h3-4,7-8H,5-6,9-13H2,1-2H3,(H,20,25). The van der Waals surface area contributed by atoms with Crippen molar-refractivity contribution in [2.45, 2.75) is 25.8 Å². The molecule has 0 unspecified atom stereocenters. The van der Waals surface area contributed by atoms with Crippen molar-refractivity contribution in [1.82, 2.24) is 19.8 Å². The number of nitrogens with zero attached hydrogens (tertiary/aromatic N) is 4. The summed E-state index contributed by atoms with van der Waals surface area (Å²) in [5, 5.41) is 2.60. The van der Waals surface area contributed by atoms with Crippen molar-refractivity contribution < 1.29 is 9.59 Å². The molecule has 1 aromatic heterocycles. The molecule has 27 heavy (non-hydrogen) atoms. The Morgan fingerprint density at radius 1 is 1.19 bits per heavy atom. The first kappa shape index (κ1) is 18.9. The average molecular weight is 371 g/mol. The van der Waals surface area contributed by atoms with Gasteiger partial charge in [0.1, 0.15) is 0 Å². The topological polar surface area (TPSA) is 87.5 Å². The SMILES string of the molecule is CN(C)C(=O)CNC(=O)CCn1c(=O)c(N2CCCC2)nc2ccccc21. The van der Waals surface area contributed by atoms with E-state index in [2.05, 4.69) is 10.3 Å². The van der Waals surface area contributed by atoms with Gasteiger partial charge in [-0.3, -0.25) is 14.4 Å². The summed E-state index contributed by atoms with van der Waals surface area (Å²) < 4.78 is 1.61. The van der Waals surface area contributed by atoms with Gasteiger partial charge in [0.15, 0.2) is 5.82 Å². The van der Waals surface area contributed by atoms with Crippen LogP contribution < -0.4 is 15.8 Å². The molecule has 0 aliphatic carbocycles. The molecule has 0 saturated carbocycles. The second-order valence-electron chi connectivity index (χ2n) is 6.89. The minimum atomic E-state index is -0.263. The van der Waals surface area contributed by atoms with Gasteiger partial charge in [0, 0.05) is 40.2 Å². The molecule has 0 radical (unpaired) electrons. The molecule has 8 nitrogen and oxygen atoms in total. The van der Waals surface area contributed by atoms with Crippen molar-refractivity contribution in [3.8, 4) is 0 Å². The molecule has 1 aliphatic rings. The summed E-state index contributed by atoms with van der Waals surface area (Å²) in [6.45, 7) is 1.85. The van der Waals surface area contributed by atoms with Gasteiger partial charge in [-0.1, -0.05) is 12.1 Å². The second-order valence-corrected chi connectivity index (χ2v) is 6.89. The molecule has 1 N–H and O–H groups in total. The van der Waals surface area contributed by atoms with Gasteiger partial charge in [-0.25, -0.2) is 4.98 Å². The number of carbonyl (C=O) groups excluding carboxylic acids is 2. The molecule has 1 aliphatic heterocycles. The lowest BCUT2D eigenvalue weighted by atomic mass is 10.2. The quantitative estimate of drug-likeness (QED) is 0.803. The van der Waals surface area contributed by atoms with E-state index in [1.54, 1.807) is 18.7 Å². The Morgan fingerprint density at radius 2 is 1.89 bits per heavy atom. The first-order valence-corrected chi connectivity index (χ1v) is 9.19. The van der Waals surface area contributed by atoms with Crippen LogP contribution in [-0.2, 0) is 16.1 Å². The van der Waals surface area contributed by atoms with E-state index in [4.69, 9.17) is 0 Å². The summed E-state index contributed by atoms with van der Waals surface area (Å²) in [7, 11) is 3.27. The van der Waals surface area contributed by atoms with E-state index in [-0.39, 0.29) is 36.9 Å². The molecule has 0 bridgehead atoms. The van der Waals surface area contributed by atoms with Crippen molar-refractivity contribution in [2.24, 2.45) is 0 Å². The molecule has 1 fully saturated rings. The predicted molar refractivity (Wildman–Crippen MR) is 104 cm³/mol. The normalized spacial score (nSPS) is 13.8. The monoisotopic (exact) mass is 371 g/mol. The number of aromatic nitrogens is 2. The number of fused-ring (bicyclic) bond motifs is 1. The van der Waals surface area contributed by atoms with E-state index in [1.807, 2.05) is 29.2 Å². The lowest BCUT2D eigenvalue weighted by Crippen LogP contribution is -2.37. The molecule has 2 aromatic rings. The van der Waals surface area contributed by atoms with Gasteiger partial charge >= 0.3 is 0 Å². The zero-order valence-corrected chi connectivity index (χ0v) is 15.8. The Kier molecular flexibility index (Phi) is 5.73. The molecule has 1 saturated heterocycles. The smallest absolute Gasteiger partial charge is 0.294 e. The minimum Gasteiger partial charge on any atom is -0.352 e. The number of hydrogen-bond acceptors (Lipinski definition) is 5. The van der Waals surface area contributed by atoms with E-state index in [9.17, 15) is 14.4 Å². The molecule has 144 valence electrons. The first-order valence-electron chi connectivity index (χ1n) is 9.19. The third kappa shape index (κ3) is 4.27. The van der Waals surface area contributed by atoms with Crippen LogP contribution >= 0.6 is 0 Å². The Bertz CT molecular complexity index is 900. The number of aryl methyl sites for hydroxylation is 1. The molecule has 2 heterocycles. The third-order valence-electron chi connectivity index (χ3n) is 4.74. The highest BCUT2D eigenvalue weighted by Gasteiger charge is 2.20. The first-order chi connectivity index (χ1) is 13.0. The van der Waals surface area contributed by atoms with E-state index in [1.165, 1.54) is 4.90 Å². The third-order valence-corrected chi connectivity index (χ3v) is 4.74. The van der Waals surface area contributed by atoms with Crippen LogP contribution in [0.25, 0.3) is 11.0 Å². The Hall–Kier alpha value is -2.90. The summed E-state index contributed by atoms with van der Waals surface area (Å²) in [5.74, 6) is 0.0151. The number of likely N-dealkylation sites (N-methyl/N-ethyl adjacent to an activating group) is 1. The van der Waals surface area contributed by atoms with Gasteiger partial charge < -0.3 is 19.7 Å². The van der Waals surface area contributed by atoms with Gasteiger partial charge in [-0.15, -0.1) is 0 Å². The average Bonchev–Trinajstić information content (AvgIpc) is 3.19. The molecular weight excluding hydrogens is 346 g/mol. The van der Waals surface area contributed by atoms with Crippen LogP contribution in [0.3, 0.4) is 0 Å². The van der Waals surface area contributed by atoms with Gasteiger partial charge in [0.25, 0.3) is 5.56 Å². The number of benzene rings is 1. The van der Waals surface area contributed by atoms with Crippen LogP contribution in [0, 0.1) is 0 Å². The number of anilines is 1. The van der Waals surface area contributed by atoms with Gasteiger partial charge in [-0.2, -0.15) is 0 Å². The van der Waals surface area contributed by atoms with Crippen LogP contribution in [0.5, 0.6) is 0 Å². The van der Waals surface area contributed by atoms with Crippen LogP contribution in [0.1, 0.15) is 19.3 Å². The zero-order chi connectivity index (χ0) is 19.4.